The van der Waals surface area contributed by atoms with Crippen LogP contribution in [0.15, 0.2) is 36.7 Å². The minimum Gasteiger partial charge on any atom is -0.318 e. The van der Waals surface area contributed by atoms with Crippen molar-refractivity contribution in [3.05, 3.63) is 42.4 Å². The first-order valence-electron chi connectivity index (χ1n) is 6.39. The van der Waals surface area contributed by atoms with Gasteiger partial charge in [0.1, 0.15) is 6.04 Å². The Morgan fingerprint density at radius 1 is 1.40 bits per heavy atom. The van der Waals surface area contributed by atoms with E-state index in [4.69, 9.17) is 0 Å². The third-order valence-electron chi connectivity index (χ3n) is 3.24. The van der Waals surface area contributed by atoms with Crippen LogP contribution in [0.4, 0.5) is 5.82 Å². The van der Waals surface area contributed by atoms with Crippen LogP contribution in [0.5, 0.6) is 0 Å². The van der Waals surface area contributed by atoms with Crippen molar-refractivity contribution in [2.75, 3.05) is 5.32 Å². The number of hydrogen-bond acceptors (Lipinski definition) is 3. The molecule has 6 nitrogen and oxygen atoms in total. The molecule has 0 aliphatic carbocycles. The SMILES string of the molecule is Cc1cc(NC(=O)C(C)n2cnc3ccccc32)n[nH]1. The Morgan fingerprint density at radius 3 is 2.95 bits per heavy atom. The molecule has 1 aromatic carbocycles. The highest BCUT2D eigenvalue weighted by Gasteiger charge is 2.17. The van der Waals surface area contributed by atoms with Crippen LogP contribution in [0.2, 0.25) is 0 Å². The summed E-state index contributed by atoms with van der Waals surface area (Å²) in [5.41, 5.74) is 2.72. The predicted octanol–water partition coefficient (Wildman–Crippen LogP) is 2.27. The maximum Gasteiger partial charge on any atom is 0.248 e. The smallest absolute Gasteiger partial charge is 0.248 e. The number of carbonyl (C=O) groups excluding carboxylic acids is 1. The molecule has 20 heavy (non-hydrogen) atoms. The number of para-hydroxylation sites is 2. The molecule has 0 aliphatic heterocycles. The molecule has 0 aliphatic rings. The van der Waals surface area contributed by atoms with Gasteiger partial charge >= 0.3 is 0 Å². The predicted molar refractivity (Wildman–Crippen MR) is 76.4 cm³/mol. The largest absolute Gasteiger partial charge is 0.318 e. The lowest BCUT2D eigenvalue weighted by Crippen LogP contribution is -2.23. The summed E-state index contributed by atoms with van der Waals surface area (Å²) in [6, 6.07) is 9.16. The first kappa shape index (κ1) is 12.4. The molecule has 1 amide bonds. The van der Waals surface area contributed by atoms with Crippen LogP contribution in [0.3, 0.4) is 0 Å². The summed E-state index contributed by atoms with van der Waals surface area (Å²) in [5, 5.41) is 9.58. The Morgan fingerprint density at radius 2 is 2.20 bits per heavy atom. The fraction of sp³-hybridized carbons (Fsp3) is 0.214. The van der Waals surface area contributed by atoms with Crippen molar-refractivity contribution in [1.82, 2.24) is 19.7 Å². The van der Waals surface area contributed by atoms with Crippen molar-refractivity contribution in [2.24, 2.45) is 0 Å². The molecule has 102 valence electrons. The molecule has 0 saturated heterocycles. The molecule has 2 N–H and O–H groups in total. The highest BCUT2D eigenvalue weighted by molar-refractivity contribution is 5.93. The van der Waals surface area contributed by atoms with Crippen molar-refractivity contribution < 1.29 is 4.79 Å². The number of aromatic nitrogens is 4. The van der Waals surface area contributed by atoms with Crippen molar-refractivity contribution in [1.29, 1.82) is 0 Å². The summed E-state index contributed by atoms with van der Waals surface area (Å²) in [7, 11) is 0. The van der Waals surface area contributed by atoms with Crippen molar-refractivity contribution in [3.8, 4) is 0 Å². The zero-order chi connectivity index (χ0) is 14.1. The lowest BCUT2D eigenvalue weighted by molar-refractivity contribution is -0.118. The number of fused-ring (bicyclic) bond motifs is 1. The van der Waals surface area contributed by atoms with E-state index in [1.807, 2.05) is 42.7 Å². The molecule has 1 atom stereocenters. The summed E-state index contributed by atoms with van der Waals surface area (Å²) in [5.74, 6) is 0.406. The van der Waals surface area contributed by atoms with Gasteiger partial charge in [0.25, 0.3) is 0 Å². The number of aromatic amines is 1. The van der Waals surface area contributed by atoms with E-state index in [2.05, 4.69) is 20.5 Å². The molecule has 2 aromatic heterocycles. The molecule has 1 unspecified atom stereocenters. The van der Waals surface area contributed by atoms with Crippen LogP contribution in [0.25, 0.3) is 11.0 Å². The van der Waals surface area contributed by atoms with Crippen LogP contribution in [-0.2, 0) is 4.79 Å². The summed E-state index contributed by atoms with van der Waals surface area (Å²) in [6.45, 7) is 3.72. The monoisotopic (exact) mass is 269 g/mol. The minimum atomic E-state index is -0.362. The van der Waals surface area contributed by atoms with Gasteiger partial charge in [0.05, 0.1) is 17.4 Å². The molecule has 0 bridgehead atoms. The van der Waals surface area contributed by atoms with Gasteiger partial charge < -0.3 is 9.88 Å². The summed E-state index contributed by atoms with van der Waals surface area (Å²) in [6.07, 6.45) is 1.69. The Labute approximate surface area is 115 Å². The van der Waals surface area contributed by atoms with Crippen LogP contribution in [0, 0.1) is 6.92 Å². The Bertz CT molecular complexity index is 758. The van der Waals surface area contributed by atoms with Gasteiger partial charge in [-0.1, -0.05) is 12.1 Å². The molecule has 0 radical (unpaired) electrons. The van der Waals surface area contributed by atoms with E-state index in [0.717, 1.165) is 16.7 Å². The van der Waals surface area contributed by atoms with Crippen LogP contribution >= 0.6 is 0 Å². The highest BCUT2D eigenvalue weighted by Crippen LogP contribution is 2.18. The fourth-order valence-corrected chi connectivity index (χ4v) is 2.13. The van der Waals surface area contributed by atoms with E-state index < -0.39 is 0 Å². The van der Waals surface area contributed by atoms with Gasteiger partial charge in [-0.3, -0.25) is 9.89 Å². The number of hydrogen-bond donors (Lipinski definition) is 2. The first-order chi connectivity index (χ1) is 9.65. The zero-order valence-corrected chi connectivity index (χ0v) is 11.3. The number of H-pyrrole nitrogens is 1. The summed E-state index contributed by atoms with van der Waals surface area (Å²) in [4.78, 5) is 16.5. The second-order valence-corrected chi connectivity index (χ2v) is 4.74. The van der Waals surface area contributed by atoms with Crippen LogP contribution in [0.1, 0.15) is 18.7 Å². The lowest BCUT2D eigenvalue weighted by atomic mass is 10.2. The third-order valence-corrected chi connectivity index (χ3v) is 3.24. The van der Waals surface area contributed by atoms with Gasteiger partial charge in [-0.2, -0.15) is 5.10 Å². The lowest BCUT2D eigenvalue weighted by Gasteiger charge is -2.13. The number of aryl methyl sites for hydroxylation is 1. The topological polar surface area (TPSA) is 75.6 Å². The number of carbonyl (C=O) groups is 1. The molecule has 3 aromatic rings. The van der Waals surface area contributed by atoms with E-state index in [-0.39, 0.29) is 11.9 Å². The normalized spacial score (nSPS) is 12.5. The summed E-state index contributed by atoms with van der Waals surface area (Å²) >= 11 is 0. The van der Waals surface area contributed by atoms with Crippen molar-refractivity contribution in [2.45, 2.75) is 19.9 Å². The molecule has 6 heteroatoms. The average Bonchev–Trinajstić information content (AvgIpc) is 3.04. The van der Waals surface area contributed by atoms with Gasteiger partial charge in [-0.05, 0) is 26.0 Å². The molecular weight excluding hydrogens is 254 g/mol. The molecule has 0 fully saturated rings. The number of amides is 1. The highest BCUT2D eigenvalue weighted by atomic mass is 16.2. The second-order valence-electron chi connectivity index (χ2n) is 4.74. The van der Waals surface area contributed by atoms with E-state index in [1.165, 1.54) is 0 Å². The van der Waals surface area contributed by atoms with E-state index >= 15 is 0 Å². The zero-order valence-electron chi connectivity index (χ0n) is 11.3. The third kappa shape index (κ3) is 2.16. The maximum absolute atomic E-state index is 12.3. The Balaban J connectivity index is 1.84. The fourth-order valence-electron chi connectivity index (χ4n) is 2.13. The van der Waals surface area contributed by atoms with Gasteiger partial charge in [-0.15, -0.1) is 0 Å². The van der Waals surface area contributed by atoms with Crippen molar-refractivity contribution >= 4 is 22.8 Å². The van der Waals surface area contributed by atoms with Crippen LogP contribution in [-0.4, -0.2) is 25.7 Å². The number of nitrogens with one attached hydrogen (secondary N) is 2. The number of benzene rings is 1. The molecule has 3 rings (SSSR count). The average molecular weight is 269 g/mol. The molecular formula is C14H15N5O. The van der Waals surface area contributed by atoms with E-state index in [1.54, 1.807) is 12.4 Å². The quantitative estimate of drug-likeness (QED) is 0.765. The number of anilines is 1. The maximum atomic E-state index is 12.3. The van der Waals surface area contributed by atoms with Crippen LogP contribution < -0.4 is 5.32 Å². The standard InChI is InChI=1S/C14H15N5O/c1-9-7-13(18-17-9)16-14(20)10(2)19-8-15-11-5-3-4-6-12(11)19/h3-8,10H,1-2H3,(H2,16,17,18,20). The Hall–Kier alpha value is -2.63. The van der Waals surface area contributed by atoms with Gasteiger partial charge in [-0.25, -0.2) is 4.98 Å². The number of imidazole rings is 1. The van der Waals surface area contributed by atoms with Gasteiger partial charge in [0.15, 0.2) is 5.82 Å². The van der Waals surface area contributed by atoms with Crippen molar-refractivity contribution in [3.63, 3.8) is 0 Å². The number of rotatable bonds is 3. The van der Waals surface area contributed by atoms with E-state index in [9.17, 15) is 4.79 Å². The van der Waals surface area contributed by atoms with E-state index in [0.29, 0.717) is 5.82 Å². The minimum absolute atomic E-state index is 0.125. The molecule has 0 saturated carbocycles. The molecule has 2 heterocycles. The Kier molecular flexibility index (Phi) is 2.98. The van der Waals surface area contributed by atoms with Gasteiger partial charge in [0.2, 0.25) is 5.91 Å². The van der Waals surface area contributed by atoms with Gasteiger partial charge in [0, 0.05) is 11.8 Å². The second kappa shape index (κ2) is 4.80. The summed E-state index contributed by atoms with van der Waals surface area (Å²) < 4.78 is 1.85. The number of nitrogens with zero attached hydrogens (tertiary/aromatic N) is 3. The molecule has 0 spiro atoms. The first-order valence-corrected chi connectivity index (χ1v) is 6.39.